The molecule has 0 saturated heterocycles. The Bertz CT molecular complexity index is 635. The fraction of sp³-hybridized carbons (Fsp3) is 0.533. The Morgan fingerprint density at radius 2 is 2.05 bits per heavy atom. The average Bonchev–Trinajstić information content (AvgIpc) is 2.92. The fourth-order valence-corrected chi connectivity index (χ4v) is 3.29. The van der Waals surface area contributed by atoms with Gasteiger partial charge in [0.1, 0.15) is 17.0 Å². The molecule has 0 aliphatic carbocycles. The number of aromatic nitrogens is 2. The number of anilines is 1. The minimum Gasteiger partial charge on any atom is -0.481 e. The summed E-state index contributed by atoms with van der Waals surface area (Å²) in [6, 6.07) is 2.09. The molecular formula is C15H21N3O2S. The number of fused-ring (bicyclic) bond motifs is 1. The van der Waals surface area contributed by atoms with Crippen LogP contribution in [0.1, 0.15) is 38.5 Å². The summed E-state index contributed by atoms with van der Waals surface area (Å²) >= 11 is 1.66. The van der Waals surface area contributed by atoms with E-state index in [1.807, 2.05) is 13.8 Å². The number of carboxylic acids is 1. The Morgan fingerprint density at radius 1 is 1.33 bits per heavy atom. The zero-order chi connectivity index (χ0) is 15.5. The summed E-state index contributed by atoms with van der Waals surface area (Å²) in [5, 5.41) is 13.7. The number of nitrogens with one attached hydrogen (secondary N) is 1. The van der Waals surface area contributed by atoms with Crippen molar-refractivity contribution in [1.82, 2.24) is 9.97 Å². The second-order valence-electron chi connectivity index (χ2n) is 5.15. The van der Waals surface area contributed by atoms with Gasteiger partial charge >= 0.3 is 5.97 Å². The van der Waals surface area contributed by atoms with Gasteiger partial charge in [0.05, 0.1) is 10.8 Å². The molecule has 0 radical (unpaired) electrons. The first kappa shape index (κ1) is 15.7. The molecule has 21 heavy (non-hydrogen) atoms. The van der Waals surface area contributed by atoms with Gasteiger partial charge in [-0.3, -0.25) is 4.79 Å². The van der Waals surface area contributed by atoms with Crippen molar-refractivity contribution in [1.29, 1.82) is 0 Å². The SMILES string of the molecule is CCc1cc2c(NCC(CC)(CC)C(=O)O)ncnc2s1. The van der Waals surface area contributed by atoms with Crippen LogP contribution in [0.2, 0.25) is 0 Å². The number of rotatable bonds is 7. The van der Waals surface area contributed by atoms with Crippen molar-refractivity contribution in [2.45, 2.75) is 40.0 Å². The highest BCUT2D eigenvalue weighted by molar-refractivity contribution is 7.18. The molecule has 6 heteroatoms. The second-order valence-corrected chi connectivity index (χ2v) is 6.27. The van der Waals surface area contributed by atoms with Crippen molar-refractivity contribution >= 4 is 33.3 Å². The van der Waals surface area contributed by atoms with Crippen LogP contribution in [0.15, 0.2) is 12.4 Å². The number of thiophene rings is 1. The van der Waals surface area contributed by atoms with Gasteiger partial charge in [-0.2, -0.15) is 0 Å². The number of hydrogen-bond donors (Lipinski definition) is 2. The molecule has 0 aromatic carbocycles. The summed E-state index contributed by atoms with van der Waals surface area (Å²) < 4.78 is 0. The van der Waals surface area contributed by atoms with Gasteiger partial charge in [-0.1, -0.05) is 20.8 Å². The lowest BCUT2D eigenvalue weighted by Crippen LogP contribution is -2.37. The smallest absolute Gasteiger partial charge is 0.311 e. The van der Waals surface area contributed by atoms with E-state index in [4.69, 9.17) is 0 Å². The highest BCUT2D eigenvalue weighted by Gasteiger charge is 2.34. The van der Waals surface area contributed by atoms with E-state index in [-0.39, 0.29) is 0 Å². The monoisotopic (exact) mass is 307 g/mol. The largest absolute Gasteiger partial charge is 0.481 e. The van der Waals surface area contributed by atoms with E-state index >= 15 is 0 Å². The van der Waals surface area contributed by atoms with E-state index in [2.05, 4.69) is 28.3 Å². The molecule has 114 valence electrons. The predicted octanol–water partition coefficient (Wildman–Crippen LogP) is 3.56. The summed E-state index contributed by atoms with van der Waals surface area (Å²) in [6.07, 6.45) is 3.66. The first-order valence-electron chi connectivity index (χ1n) is 7.27. The van der Waals surface area contributed by atoms with Crippen LogP contribution in [0.3, 0.4) is 0 Å². The molecule has 0 spiro atoms. The molecule has 2 aromatic rings. The maximum absolute atomic E-state index is 11.5. The quantitative estimate of drug-likeness (QED) is 0.818. The van der Waals surface area contributed by atoms with E-state index in [1.165, 1.54) is 11.2 Å². The Morgan fingerprint density at radius 3 is 2.62 bits per heavy atom. The number of carboxylic acid groups (broad SMARTS) is 1. The maximum atomic E-state index is 11.5. The standard InChI is InChI=1S/C15H21N3O2S/c1-4-10-7-11-12(17-9-18-13(11)21-10)16-8-15(5-2,6-3)14(19)20/h7,9H,4-6,8H2,1-3H3,(H,19,20)(H,16,17,18). The molecule has 0 aliphatic rings. The van der Waals surface area contributed by atoms with Crippen LogP contribution >= 0.6 is 11.3 Å². The molecule has 0 bridgehead atoms. The van der Waals surface area contributed by atoms with Crippen LogP contribution < -0.4 is 5.32 Å². The van der Waals surface area contributed by atoms with Gasteiger partial charge in [-0.05, 0) is 25.3 Å². The van der Waals surface area contributed by atoms with Gasteiger partial charge in [0.25, 0.3) is 0 Å². The zero-order valence-electron chi connectivity index (χ0n) is 12.6. The van der Waals surface area contributed by atoms with Crippen molar-refractivity contribution in [2.75, 3.05) is 11.9 Å². The molecule has 2 aromatic heterocycles. The Balaban J connectivity index is 2.27. The minimum atomic E-state index is -0.759. The molecular weight excluding hydrogens is 286 g/mol. The number of aliphatic carboxylic acids is 1. The minimum absolute atomic E-state index is 0.374. The Hall–Kier alpha value is -1.69. The molecule has 2 rings (SSSR count). The van der Waals surface area contributed by atoms with Gasteiger partial charge in [-0.15, -0.1) is 11.3 Å². The number of nitrogens with zero attached hydrogens (tertiary/aromatic N) is 2. The fourth-order valence-electron chi connectivity index (χ4n) is 2.35. The third-order valence-corrected chi connectivity index (χ3v) is 5.32. The zero-order valence-corrected chi connectivity index (χ0v) is 13.5. The molecule has 0 atom stereocenters. The summed E-state index contributed by atoms with van der Waals surface area (Å²) in [7, 11) is 0. The van der Waals surface area contributed by atoms with Crippen molar-refractivity contribution in [2.24, 2.45) is 5.41 Å². The van der Waals surface area contributed by atoms with Gasteiger partial charge in [0, 0.05) is 11.4 Å². The third-order valence-electron chi connectivity index (χ3n) is 4.13. The molecule has 0 fully saturated rings. The van der Waals surface area contributed by atoms with Crippen LogP contribution in [0.5, 0.6) is 0 Å². The Kier molecular flexibility index (Phi) is 4.77. The van der Waals surface area contributed by atoms with Crippen LogP contribution in [0.4, 0.5) is 5.82 Å². The summed E-state index contributed by atoms with van der Waals surface area (Å²) in [5.41, 5.74) is -0.749. The van der Waals surface area contributed by atoms with E-state index in [0.717, 1.165) is 22.5 Å². The highest BCUT2D eigenvalue weighted by atomic mass is 32.1. The second kappa shape index (κ2) is 6.39. The van der Waals surface area contributed by atoms with E-state index in [1.54, 1.807) is 11.3 Å². The summed E-state index contributed by atoms with van der Waals surface area (Å²) in [6.45, 7) is 6.30. The van der Waals surface area contributed by atoms with Crippen molar-refractivity contribution in [3.8, 4) is 0 Å². The average molecular weight is 307 g/mol. The van der Waals surface area contributed by atoms with E-state index < -0.39 is 11.4 Å². The van der Waals surface area contributed by atoms with E-state index in [0.29, 0.717) is 19.4 Å². The normalized spacial score (nSPS) is 11.8. The summed E-state index contributed by atoms with van der Waals surface area (Å²) in [4.78, 5) is 22.3. The lowest BCUT2D eigenvalue weighted by Gasteiger charge is -2.27. The van der Waals surface area contributed by atoms with Gasteiger partial charge in [-0.25, -0.2) is 9.97 Å². The van der Waals surface area contributed by atoms with Crippen LogP contribution in [0, 0.1) is 5.41 Å². The van der Waals surface area contributed by atoms with Gasteiger partial charge in [0.15, 0.2) is 0 Å². The van der Waals surface area contributed by atoms with Crippen molar-refractivity contribution < 1.29 is 9.90 Å². The van der Waals surface area contributed by atoms with E-state index in [9.17, 15) is 9.90 Å². The highest BCUT2D eigenvalue weighted by Crippen LogP contribution is 2.31. The van der Waals surface area contributed by atoms with Gasteiger partial charge in [0.2, 0.25) is 0 Å². The van der Waals surface area contributed by atoms with Gasteiger partial charge < -0.3 is 10.4 Å². The van der Waals surface area contributed by atoms with Crippen molar-refractivity contribution in [3.63, 3.8) is 0 Å². The van der Waals surface area contributed by atoms with Crippen LogP contribution in [0.25, 0.3) is 10.2 Å². The number of carbonyl (C=O) groups is 1. The molecule has 2 N–H and O–H groups in total. The molecule has 0 amide bonds. The summed E-state index contributed by atoms with van der Waals surface area (Å²) in [5.74, 6) is -0.0339. The predicted molar refractivity (Wildman–Crippen MR) is 85.9 cm³/mol. The third kappa shape index (κ3) is 3.00. The first-order chi connectivity index (χ1) is 10.1. The lowest BCUT2D eigenvalue weighted by atomic mass is 9.82. The topological polar surface area (TPSA) is 75.1 Å². The molecule has 5 nitrogen and oxygen atoms in total. The first-order valence-corrected chi connectivity index (χ1v) is 8.08. The number of aryl methyl sites for hydroxylation is 1. The molecule has 0 saturated carbocycles. The number of hydrogen-bond acceptors (Lipinski definition) is 5. The molecule has 2 heterocycles. The Labute approximate surface area is 128 Å². The lowest BCUT2D eigenvalue weighted by molar-refractivity contribution is -0.148. The van der Waals surface area contributed by atoms with Crippen LogP contribution in [-0.4, -0.2) is 27.6 Å². The maximum Gasteiger partial charge on any atom is 0.311 e. The van der Waals surface area contributed by atoms with Crippen LogP contribution in [-0.2, 0) is 11.2 Å². The molecule has 0 unspecified atom stereocenters. The van der Waals surface area contributed by atoms with Crippen molar-refractivity contribution in [3.05, 3.63) is 17.3 Å². The molecule has 0 aliphatic heterocycles.